The smallest absolute Gasteiger partial charge is 0.226 e. The summed E-state index contributed by atoms with van der Waals surface area (Å²) in [5, 5.41) is 8.06. The van der Waals surface area contributed by atoms with E-state index in [1.807, 2.05) is 35.9 Å². The van der Waals surface area contributed by atoms with Crippen molar-refractivity contribution in [1.82, 2.24) is 14.8 Å². The lowest BCUT2D eigenvalue weighted by Crippen LogP contribution is -2.12. The number of carbonyl (C=O) groups excluding carboxylic acids is 1. The van der Waals surface area contributed by atoms with E-state index in [0.717, 1.165) is 28.1 Å². The van der Waals surface area contributed by atoms with Gasteiger partial charge < -0.3 is 5.32 Å². The number of carbonyl (C=O) groups is 1. The molecule has 3 rings (SSSR count). The summed E-state index contributed by atoms with van der Waals surface area (Å²) < 4.78 is 3.06. The lowest BCUT2D eigenvalue weighted by atomic mass is 10.1. The molecule has 120 valence electrons. The van der Waals surface area contributed by atoms with E-state index < -0.39 is 0 Å². The first-order valence-electron chi connectivity index (χ1n) is 7.76. The molecular weight excluding hydrogens is 308 g/mol. The van der Waals surface area contributed by atoms with Crippen LogP contribution in [-0.4, -0.2) is 20.7 Å². The number of nitrogens with one attached hydrogen (secondary N) is 1. The Balaban J connectivity index is 1.64. The van der Waals surface area contributed by atoms with Crippen molar-refractivity contribution in [2.24, 2.45) is 0 Å². The third-order valence-electron chi connectivity index (χ3n) is 3.97. The second kappa shape index (κ2) is 6.50. The van der Waals surface area contributed by atoms with Crippen molar-refractivity contribution in [3.8, 4) is 0 Å². The molecule has 2 heterocycles. The molecule has 0 fully saturated rings. The van der Waals surface area contributed by atoms with E-state index in [9.17, 15) is 4.79 Å². The Morgan fingerprint density at radius 1 is 1.30 bits per heavy atom. The predicted octanol–water partition coefficient (Wildman–Crippen LogP) is 3.70. The summed E-state index contributed by atoms with van der Waals surface area (Å²) in [6.45, 7) is 6.98. The Bertz CT molecular complexity index is 817. The van der Waals surface area contributed by atoms with Crippen molar-refractivity contribution < 1.29 is 4.79 Å². The maximum absolute atomic E-state index is 12.2. The number of fused-ring (bicyclic) bond motifs is 1. The van der Waals surface area contributed by atoms with Gasteiger partial charge in [-0.05, 0) is 44.9 Å². The van der Waals surface area contributed by atoms with Crippen LogP contribution in [0.4, 0.5) is 5.13 Å². The first kappa shape index (κ1) is 15.7. The maximum atomic E-state index is 12.2. The lowest BCUT2D eigenvalue weighted by Gasteiger charge is -2.03. The molecule has 6 heteroatoms. The lowest BCUT2D eigenvalue weighted by molar-refractivity contribution is -0.116. The highest BCUT2D eigenvalue weighted by atomic mass is 32.1. The number of benzene rings is 1. The van der Waals surface area contributed by atoms with Crippen LogP contribution in [0.15, 0.2) is 24.3 Å². The average Bonchev–Trinajstić information content (AvgIpc) is 3.05. The van der Waals surface area contributed by atoms with Gasteiger partial charge >= 0.3 is 0 Å². The molecule has 1 amide bonds. The van der Waals surface area contributed by atoms with E-state index in [4.69, 9.17) is 0 Å². The number of aromatic nitrogens is 3. The molecule has 0 bridgehead atoms. The molecule has 5 nitrogen and oxygen atoms in total. The number of amides is 1. The third kappa shape index (κ3) is 3.27. The van der Waals surface area contributed by atoms with Crippen molar-refractivity contribution >= 4 is 32.6 Å². The Labute approximate surface area is 139 Å². The van der Waals surface area contributed by atoms with Gasteiger partial charge in [0.15, 0.2) is 5.13 Å². The number of hydrogen-bond donors (Lipinski definition) is 1. The zero-order chi connectivity index (χ0) is 16.4. The number of aryl methyl sites for hydroxylation is 2. The van der Waals surface area contributed by atoms with Gasteiger partial charge in [-0.25, -0.2) is 4.98 Å². The molecule has 0 aliphatic rings. The molecule has 3 aromatic rings. The van der Waals surface area contributed by atoms with Crippen molar-refractivity contribution in [1.29, 1.82) is 0 Å². The van der Waals surface area contributed by atoms with Crippen LogP contribution in [0, 0.1) is 13.8 Å². The molecule has 0 saturated heterocycles. The predicted molar refractivity (Wildman–Crippen MR) is 93.9 cm³/mol. The van der Waals surface area contributed by atoms with E-state index >= 15 is 0 Å². The molecule has 0 unspecified atom stereocenters. The van der Waals surface area contributed by atoms with Gasteiger partial charge in [-0.2, -0.15) is 5.10 Å². The van der Waals surface area contributed by atoms with Gasteiger partial charge in [0, 0.05) is 18.7 Å². The number of anilines is 1. The van der Waals surface area contributed by atoms with Crippen LogP contribution in [0.3, 0.4) is 0 Å². The van der Waals surface area contributed by atoms with E-state index in [-0.39, 0.29) is 5.91 Å². The van der Waals surface area contributed by atoms with Crippen molar-refractivity contribution in [3.05, 3.63) is 41.2 Å². The van der Waals surface area contributed by atoms with Crippen LogP contribution in [0.2, 0.25) is 0 Å². The number of rotatable bonds is 5. The van der Waals surface area contributed by atoms with Crippen LogP contribution >= 0.6 is 11.3 Å². The molecule has 23 heavy (non-hydrogen) atoms. The average molecular weight is 328 g/mol. The minimum absolute atomic E-state index is 0.00731. The maximum Gasteiger partial charge on any atom is 0.226 e. The van der Waals surface area contributed by atoms with Crippen LogP contribution in [0.1, 0.15) is 30.3 Å². The standard InChI is InChI=1S/C17H20N4OS/c1-4-21-12(3)13(11(2)20-21)9-10-16(22)19-17-18-14-7-5-6-8-15(14)23-17/h5-8H,4,9-10H2,1-3H3,(H,18,19,22). The van der Waals surface area contributed by atoms with E-state index in [2.05, 4.69) is 29.2 Å². The number of hydrogen-bond acceptors (Lipinski definition) is 4. The molecule has 0 aliphatic heterocycles. The van der Waals surface area contributed by atoms with Gasteiger partial charge in [0.2, 0.25) is 5.91 Å². The normalized spacial score (nSPS) is 11.1. The minimum atomic E-state index is -0.00731. The van der Waals surface area contributed by atoms with Crippen molar-refractivity contribution in [2.45, 2.75) is 40.2 Å². The van der Waals surface area contributed by atoms with Gasteiger partial charge in [-0.1, -0.05) is 23.5 Å². The Kier molecular flexibility index (Phi) is 4.43. The van der Waals surface area contributed by atoms with Crippen LogP contribution < -0.4 is 5.32 Å². The molecule has 0 spiro atoms. The first-order chi connectivity index (χ1) is 11.1. The minimum Gasteiger partial charge on any atom is -0.302 e. The van der Waals surface area contributed by atoms with Crippen LogP contribution in [0.5, 0.6) is 0 Å². The monoisotopic (exact) mass is 328 g/mol. The fraction of sp³-hybridized carbons (Fsp3) is 0.353. The second-order valence-corrected chi connectivity index (χ2v) is 6.53. The second-order valence-electron chi connectivity index (χ2n) is 5.50. The molecule has 1 N–H and O–H groups in total. The summed E-state index contributed by atoms with van der Waals surface area (Å²) in [6, 6.07) is 7.88. The van der Waals surface area contributed by atoms with E-state index in [1.165, 1.54) is 16.9 Å². The van der Waals surface area contributed by atoms with Crippen molar-refractivity contribution in [2.75, 3.05) is 5.32 Å². The summed E-state index contributed by atoms with van der Waals surface area (Å²) in [5.74, 6) is -0.00731. The molecule has 1 aromatic carbocycles. The third-order valence-corrected chi connectivity index (χ3v) is 4.93. The Morgan fingerprint density at radius 2 is 2.09 bits per heavy atom. The van der Waals surface area contributed by atoms with Crippen molar-refractivity contribution in [3.63, 3.8) is 0 Å². The molecule has 0 saturated carbocycles. The zero-order valence-corrected chi connectivity index (χ0v) is 14.4. The van der Waals surface area contributed by atoms with Gasteiger partial charge in [0.25, 0.3) is 0 Å². The Hall–Kier alpha value is -2.21. The van der Waals surface area contributed by atoms with E-state index in [1.54, 1.807) is 0 Å². The van der Waals surface area contributed by atoms with Gasteiger partial charge in [-0.3, -0.25) is 9.48 Å². The molecule has 0 radical (unpaired) electrons. The highest BCUT2D eigenvalue weighted by Gasteiger charge is 2.13. The molecule has 0 atom stereocenters. The summed E-state index contributed by atoms with van der Waals surface area (Å²) in [7, 11) is 0. The fourth-order valence-electron chi connectivity index (χ4n) is 2.75. The van der Waals surface area contributed by atoms with Gasteiger partial charge in [0.1, 0.15) is 0 Å². The SMILES string of the molecule is CCn1nc(C)c(CCC(=O)Nc2nc3ccccc3s2)c1C. The number of para-hydroxylation sites is 1. The highest BCUT2D eigenvalue weighted by molar-refractivity contribution is 7.22. The zero-order valence-electron chi connectivity index (χ0n) is 13.6. The Morgan fingerprint density at radius 3 is 2.78 bits per heavy atom. The number of thiazole rings is 1. The topological polar surface area (TPSA) is 59.8 Å². The fourth-order valence-corrected chi connectivity index (χ4v) is 3.63. The summed E-state index contributed by atoms with van der Waals surface area (Å²) in [5.41, 5.74) is 4.25. The van der Waals surface area contributed by atoms with E-state index in [0.29, 0.717) is 18.0 Å². The summed E-state index contributed by atoms with van der Waals surface area (Å²) >= 11 is 1.50. The highest BCUT2D eigenvalue weighted by Crippen LogP contribution is 2.25. The van der Waals surface area contributed by atoms with Gasteiger partial charge in [0.05, 0.1) is 15.9 Å². The summed E-state index contributed by atoms with van der Waals surface area (Å²) in [6.07, 6.45) is 1.14. The summed E-state index contributed by atoms with van der Waals surface area (Å²) in [4.78, 5) is 16.6. The van der Waals surface area contributed by atoms with Crippen LogP contribution in [0.25, 0.3) is 10.2 Å². The first-order valence-corrected chi connectivity index (χ1v) is 8.58. The number of nitrogens with zero attached hydrogens (tertiary/aromatic N) is 3. The molecule has 0 aliphatic carbocycles. The largest absolute Gasteiger partial charge is 0.302 e. The van der Waals surface area contributed by atoms with Crippen LogP contribution in [-0.2, 0) is 17.8 Å². The quantitative estimate of drug-likeness (QED) is 0.777. The van der Waals surface area contributed by atoms with Gasteiger partial charge in [-0.15, -0.1) is 0 Å². The molecular formula is C17H20N4OS. The molecule has 2 aromatic heterocycles.